The molecule has 0 fully saturated rings. The monoisotopic (exact) mass is 354 g/mol. The van der Waals surface area contributed by atoms with Gasteiger partial charge in [-0.25, -0.2) is 0 Å². The lowest BCUT2D eigenvalue weighted by molar-refractivity contribution is -0.385. The van der Waals surface area contributed by atoms with Gasteiger partial charge in [0.1, 0.15) is 0 Å². The maximum atomic E-state index is 11.0. The quantitative estimate of drug-likeness (QED) is 0.590. The predicted octanol–water partition coefficient (Wildman–Crippen LogP) is 5.23. The first-order chi connectivity index (χ1) is 9.49. The van der Waals surface area contributed by atoms with Crippen LogP contribution in [-0.4, -0.2) is 4.92 Å². The van der Waals surface area contributed by atoms with Gasteiger partial charge in [0, 0.05) is 16.6 Å². The second kappa shape index (κ2) is 6.37. The Hall–Kier alpha value is -1.40. The highest BCUT2D eigenvalue weighted by atomic mass is 79.9. The van der Waals surface area contributed by atoms with Crippen molar-refractivity contribution in [1.29, 1.82) is 0 Å². The van der Waals surface area contributed by atoms with E-state index in [0.717, 1.165) is 5.69 Å². The molecule has 20 heavy (non-hydrogen) atoms. The minimum absolute atomic E-state index is 0.0729. The Balaban J connectivity index is 2.28. The minimum atomic E-state index is -0.384. The smallest absolute Gasteiger partial charge is 0.285 e. The largest absolute Gasteiger partial charge is 0.377 e. The van der Waals surface area contributed by atoms with Crippen molar-refractivity contribution in [3.8, 4) is 0 Å². The molecule has 0 saturated heterocycles. The normalized spacial score (nSPS) is 12.4. The fraction of sp³-hybridized carbons (Fsp3) is 0.286. The van der Waals surface area contributed by atoms with E-state index >= 15 is 0 Å². The van der Waals surface area contributed by atoms with E-state index in [0.29, 0.717) is 10.4 Å². The van der Waals surface area contributed by atoms with Gasteiger partial charge in [0.15, 0.2) is 0 Å². The number of hydrogen-bond donors (Lipinski definition) is 1. The molecule has 2 rings (SSSR count). The lowest BCUT2D eigenvalue weighted by atomic mass is 10.0. The van der Waals surface area contributed by atoms with Gasteiger partial charge in [-0.3, -0.25) is 10.1 Å². The SMILES string of the molecule is CC(C)C(Nc1ccc(Br)c([N+](=O)[O-])c1)c1cccs1. The first-order valence-electron chi connectivity index (χ1n) is 6.23. The zero-order valence-corrected chi connectivity index (χ0v) is 13.6. The van der Waals surface area contributed by atoms with Crippen molar-refractivity contribution in [2.24, 2.45) is 5.92 Å². The van der Waals surface area contributed by atoms with E-state index in [9.17, 15) is 10.1 Å². The first kappa shape index (κ1) is 15.0. The number of hydrogen-bond acceptors (Lipinski definition) is 4. The van der Waals surface area contributed by atoms with Gasteiger partial charge in [-0.1, -0.05) is 19.9 Å². The van der Waals surface area contributed by atoms with Gasteiger partial charge in [-0.05, 0) is 45.4 Å². The van der Waals surface area contributed by atoms with Crippen molar-refractivity contribution < 1.29 is 4.92 Å². The summed E-state index contributed by atoms with van der Waals surface area (Å²) in [7, 11) is 0. The average molecular weight is 355 g/mol. The van der Waals surface area contributed by atoms with Crippen LogP contribution in [0.25, 0.3) is 0 Å². The molecule has 1 aromatic heterocycles. The average Bonchev–Trinajstić information content (AvgIpc) is 2.90. The van der Waals surface area contributed by atoms with Gasteiger partial charge in [0.05, 0.1) is 15.4 Å². The Morgan fingerprint density at radius 3 is 2.65 bits per heavy atom. The van der Waals surface area contributed by atoms with Crippen LogP contribution in [0.1, 0.15) is 24.8 Å². The highest BCUT2D eigenvalue weighted by molar-refractivity contribution is 9.10. The third-order valence-electron chi connectivity index (χ3n) is 2.98. The molecule has 0 aliphatic carbocycles. The molecule has 2 aromatic rings. The number of nitro groups is 1. The molecule has 1 unspecified atom stereocenters. The summed E-state index contributed by atoms with van der Waals surface area (Å²) < 4.78 is 0.491. The van der Waals surface area contributed by atoms with Gasteiger partial charge in [-0.2, -0.15) is 0 Å². The molecule has 0 aliphatic rings. The van der Waals surface area contributed by atoms with Crippen molar-refractivity contribution in [1.82, 2.24) is 0 Å². The fourth-order valence-corrected chi connectivity index (χ4v) is 3.30. The fourth-order valence-electron chi connectivity index (χ4n) is 1.96. The number of nitrogens with one attached hydrogen (secondary N) is 1. The summed E-state index contributed by atoms with van der Waals surface area (Å²) >= 11 is 4.88. The zero-order valence-electron chi connectivity index (χ0n) is 11.2. The molecule has 0 radical (unpaired) electrons. The van der Waals surface area contributed by atoms with E-state index in [2.05, 4.69) is 41.2 Å². The first-order valence-corrected chi connectivity index (χ1v) is 7.90. The summed E-state index contributed by atoms with van der Waals surface area (Å²) in [4.78, 5) is 11.8. The van der Waals surface area contributed by atoms with E-state index < -0.39 is 0 Å². The molecule has 1 aromatic carbocycles. The highest BCUT2D eigenvalue weighted by Crippen LogP contribution is 2.33. The van der Waals surface area contributed by atoms with Crippen molar-refractivity contribution >= 4 is 38.6 Å². The van der Waals surface area contributed by atoms with E-state index in [-0.39, 0.29) is 16.7 Å². The summed E-state index contributed by atoms with van der Waals surface area (Å²) in [6, 6.07) is 9.35. The van der Waals surface area contributed by atoms with Gasteiger partial charge in [-0.15, -0.1) is 11.3 Å². The molecule has 0 spiro atoms. The molecule has 106 valence electrons. The van der Waals surface area contributed by atoms with Gasteiger partial charge in [0.2, 0.25) is 0 Å². The third kappa shape index (κ3) is 3.37. The molecule has 6 heteroatoms. The Bertz CT molecular complexity index is 599. The number of thiophene rings is 1. The summed E-state index contributed by atoms with van der Waals surface area (Å²) in [5.41, 5.74) is 0.829. The molecule has 0 aliphatic heterocycles. The van der Waals surface area contributed by atoms with Crippen LogP contribution in [0, 0.1) is 16.0 Å². The molecule has 0 saturated carbocycles. The number of benzene rings is 1. The third-order valence-corrected chi connectivity index (χ3v) is 4.61. The van der Waals surface area contributed by atoms with E-state index in [1.165, 1.54) is 4.88 Å². The Morgan fingerprint density at radius 1 is 1.35 bits per heavy atom. The van der Waals surface area contributed by atoms with Crippen molar-refractivity contribution in [3.05, 3.63) is 55.2 Å². The van der Waals surface area contributed by atoms with Crippen LogP contribution in [0.2, 0.25) is 0 Å². The maximum absolute atomic E-state index is 11.0. The van der Waals surface area contributed by atoms with Gasteiger partial charge < -0.3 is 5.32 Å². The van der Waals surface area contributed by atoms with Crippen molar-refractivity contribution in [2.45, 2.75) is 19.9 Å². The van der Waals surface area contributed by atoms with Crippen LogP contribution in [0.3, 0.4) is 0 Å². The van der Waals surface area contributed by atoms with E-state index in [1.807, 2.05) is 17.5 Å². The summed E-state index contributed by atoms with van der Waals surface area (Å²) in [5.74, 6) is 0.386. The molecule has 0 amide bonds. The van der Waals surface area contributed by atoms with Crippen molar-refractivity contribution in [3.63, 3.8) is 0 Å². The summed E-state index contributed by atoms with van der Waals surface area (Å²) in [5, 5.41) is 16.4. The number of nitrogens with zero attached hydrogens (tertiary/aromatic N) is 1. The minimum Gasteiger partial charge on any atom is -0.377 e. The molecular formula is C14H15BrN2O2S. The molecule has 0 bridgehead atoms. The number of nitro benzene ring substituents is 1. The second-order valence-electron chi connectivity index (χ2n) is 4.80. The second-order valence-corrected chi connectivity index (χ2v) is 6.64. The Kier molecular flexibility index (Phi) is 4.77. The van der Waals surface area contributed by atoms with Crippen LogP contribution in [-0.2, 0) is 0 Å². The standard InChI is InChI=1S/C14H15BrN2O2S/c1-9(2)14(13-4-3-7-20-13)16-10-5-6-11(15)12(8-10)17(18)19/h3-9,14,16H,1-2H3. The van der Waals surface area contributed by atoms with Gasteiger partial charge in [0.25, 0.3) is 5.69 Å². The zero-order chi connectivity index (χ0) is 14.7. The van der Waals surface area contributed by atoms with Crippen molar-refractivity contribution in [2.75, 3.05) is 5.32 Å². The summed E-state index contributed by atoms with van der Waals surface area (Å²) in [6.07, 6.45) is 0. The number of rotatable bonds is 5. The molecule has 4 nitrogen and oxygen atoms in total. The van der Waals surface area contributed by atoms with E-state index in [4.69, 9.17) is 0 Å². The lowest BCUT2D eigenvalue weighted by Crippen LogP contribution is -2.15. The number of anilines is 1. The van der Waals surface area contributed by atoms with E-state index in [1.54, 1.807) is 23.5 Å². The van der Waals surface area contributed by atoms with Crippen LogP contribution in [0.15, 0.2) is 40.2 Å². The number of halogens is 1. The molecular weight excluding hydrogens is 340 g/mol. The van der Waals surface area contributed by atoms with Crippen LogP contribution < -0.4 is 5.32 Å². The highest BCUT2D eigenvalue weighted by Gasteiger charge is 2.19. The Morgan fingerprint density at radius 2 is 2.10 bits per heavy atom. The summed E-state index contributed by atoms with van der Waals surface area (Å²) in [6.45, 7) is 4.26. The van der Waals surface area contributed by atoms with Crippen LogP contribution >= 0.6 is 27.3 Å². The molecule has 1 atom stereocenters. The predicted molar refractivity (Wildman–Crippen MR) is 86.3 cm³/mol. The Labute approximate surface area is 130 Å². The molecule has 1 N–H and O–H groups in total. The molecule has 1 heterocycles. The van der Waals surface area contributed by atoms with Crippen LogP contribution in [0.5, 0.6) is 0 Å². The maximum Gasteiger partial charge on any atom is 0.285 e. The van der Waals surface area contributed by atoms with Crippen LogP contribution in [0.4, 0.5) is 11.4 Å². The topological polar surface area (TPSA) is 55.2 Å². The van der Waals surface area contributed by atoms with Gasteiger partial charge >= 0.3 is 0 Å². The lowest BCUT2D eigenvalue weighted by Gasteiger charge is -2.22.